The molecule has 1 aliphatic heterocycles. The van der Waals surface area contributed by atoms with Gasteiger partial charge in [-0.1, -0.05) is 18.2 Å². The standard InChI is InChI=1S/C22H23N3O4S/c1-16(26)25-13-10-18-15-19(8-9-20(18)25)30(27,28)24-12-4-14-29-21-7-2-5-17-6-3-11-23-22(17)21/h2-3,5-9,11,15,24H,4,10,12-14H2,1H3. The van der Waals surface area contributed by atoms with E-state index in [0.29, 0.717) is 31.7 Å². The van der Waals surface area contributed by atoms with E-state index in [9.17, 15) is 13.2 Å². The zero-order valence-electron chi connectivity index (χ0n) is 16.7. The molecule has 2 aromatic carbocycles. The Kier molecular flexibility index (Phi) is 5.69. The number of carbonyl (C=O) groups excluding carboxylic acids is 1. The van der Waals surface area contributed by atoms with E-state index in [4.69, 9.17) is 4.74 Å². The van der Waals surface area contributed by atoms with Crippen LogP contribution in [0.1, 0.15) is 18.9 Å². The first-order valence-corrected chi connectivity index (χ1v) is 11.3. The Morgan fingerprint density at radius 1 is 1.20 bits per heavy atom. The number of aromatic nitrogens is 1. The van der Waals surface area contributed by atoms with Gasteiger partial charge >= 0.3 is 0 Å². The third kappa shape index (κ3) is 4.15. The second-order valence-corrected chi connectivity index (χ2v) is 8.91. The van der Waals surface area contributed by atoms with Crippen LogP contribution >= 0.6 is 0 Å². The van der Waals surface area contributed by atoms with Gasteiger partial charge < -0.3 is 9.64 Å². The molecular weight excluding hydrogens is 402 g/mol. The molecule has 0 bridgehead atoms. The van der Waals surface area contributed by atoms with Crippen molar-refractivity contribution in [1.82, 2.24) is 9.71 Å². The molecule has 30 heavy (non-hydrogen) atoms. The first kappa shape index (κ1) is 20.3. The fourth-order valence-corrected chi connectivity index (χ4v) is 4.73. The molecule has 1 amide bonds. The van der Waals surface area contributed by atoms with Gasteiger partial charge in [0.2, 0.25) is 15.9 Å². The number of carbonyl (C=O) groups is 1. The molecule has 1 N–H and O–H groups in total. The third-order valence-electron chi connectivity index (χ3n) is 5.10. The molecule has 2 heterocycles. The molecule has 156 valence electrons. The summed E-state index contributed by atoms with van der Waals surface area (Å²) in [5.41, 5.74) is 2.46. The Bertz CT molecular complexity index is 1190. The molecule has 8 heteroatoms. The summed E-state index contributed by atoms with van der Waals surface area (Å²) in [7, 11) is -3.62. The number of nitrogens with zero attached hydrogens (tertiary/aromatic N) is 2. The molecule has 0 atom stereocenters. The van der Waals surface area contributed by atoms with Gasteiger partial charge in [0.15, 0.2) is 0 Å². The Hall–Kier alpha value is -2.97. The molecule has 0 radical (unpaired) electrons. The lowest BCUT2D eigenvalue weighted by atomic mass is 10.2. The number of ether oxygens (including phenoxy) is 1. The van der Waals surface area contributed by atoms with E-state index in [1.807, 2.05) is 30.3 Å². The number of sulfonamides is 1. The van der Waals surface area contributed by atoms with Crippen molar-refractivity contribution in [1.29, 1.82) is 0 Å². The third-order valence-corrected chi connectivity index (χ3v) is 6.56. The van der Waals surface area contributed by atoms with Gasteiger partial charge in [0.1, 0.15) is 11.3 Å². The van der Waals surface area contributed by atoms with Crippen LogP contribution in [0.2, 0.25) is 0 Å². The minimum absolute atomic E-state index is 0.0381. The molecule has 0 unspecified atom stereocenters. The first-order valence-electron chi connectivity index (χ1n) is 9.83. The lowest BCUT2D eigenvalue weighted by Gasteiger charge is -2.15. The number of fused-ring (bicyclic) bond motifs is 2. The van der Waals surface area contributed by atoms with Crippen molar-refractivity contribution in [2.45, 2.75) is 24.7 Å². The Balaban J connectivity index is 1.33. The molecule has 7 nitrogen and oxygen atoms in total. The minimum atomic E-state index is -3.62. The Morgan fingerprint density at radius 3 is 2.87 bits per heavy atom. The number of nitrogens with one attached hydrogen (secondary N) is 1. The SMILES string of the molecule is CC(=O)N1CCc2cc(S(=O)(=O)NCCCOc3cccc4cccnc34)ccc21. The maximum Gasteiger partial charge on any atom is 0.240 e. The van der Waals surface area contributed by atoms with E-state index in [1.165, 1.54) is 6.92 Å². The van der Waals surface area contributed by atoms with Crippen molar-refractivity contribution in [3.05, 3.63) is 60.3 Å². The number of pyridine rings is 1. The van der Waals surface area contributed by atoms with Crippen molar-refractivity contribution in [2.24, 2.45) is 0 Å². The van der Waals surface area contributed by atoms with E-state index in [1.54, 1.807) is 29.3 Å². The second-order valence-electron chi connectivity index (χ2n) is 7.14. The van der Waals surface area contributed by atoms with Crippen molar-refractivity contribution in [2.75, 3.05) is 24.6 Å². The van der Waals surface area contributed by atoms with Crippen LogP contribution < -0.4 is 14.4 Å². The number of rotatable bonds is 7. The van der Waals surface area contributed by atoms with Gasteiger partial charge in [-0.2, -0.15) is 0 Å². The average molecular weight is 426 g/mol. The normalized spacial score (nSPS) is 13.4. The number of benzene rings is 2. The number of hydrogen-bond donors (Lipinski definition) is 1. The summed E-state index contributed by atoms with van der Waals surface area (Å²) < 4.78 is 33.6. The lowest BCUT2D eigenvalue weighted by molar-refractivity contribution is -0.116. The second kappa shape index (κ2) is 8.41. The summed E-state index contributed by atoms with van der Waals surface area (Å²) in [6.45, 7) is 2.73. The van der Waals surface area contributed by atoms with Crippen LogP contribution in [-0.2, 0) is 21.2 Å². The van der Waals surface area contributed by atoms with Crippen LogP contribution in [0.25, 0.3) is 10.9 Å². The Morgan fingerprint density at radius 2 is 2.03 bits per heavy atom. The van der Waals surface area contributed by atoms with Crippen LogP contribution in [0.3, 0.4) is 0 Å². The molecule has 0 spiro atoms. The van der Waals surface area contributed by atoms with Crippen LogP contribution in [-0.4, -0.2) is 39.0 Å². The zero-order chi connectivity index (χ0) is 21.1. The first-order chi connectivity index (χ1) is 14.5. The monoisotopic (exact) mass is 425 g/mol. The highest BCUT2D eigenvalue weighted by Crippen LogP contribution is 2.30. The van der Waals surface area contributed by atoms with E-state index in [2.05, 4.69) is 9.71 Å². The summed E-state index contributed by atoms with van der Waals surface area (Å²) in [6.07, 6.45) is 2.90. The topological polar surface area (TPSA) is 88.6 Å². The van der Waals surface area contributed by atoms with Gasteiger partial charge in [0.25, 0.3) is 0 Å². The highest BCUT2D eigenvalue weighted by molar-refractivity contribution is 7.89. The molecular formula is C22H23N3O4S. The Labute approximate surface area is 175 Å². The molecule has 4 rings (SSSR count). The zero-order valence-corrected chi connectivity index (χ0v) is 17.5. The molecule has 0 aliphatic carbocycles. The molecule has 0 saturated heterocycles. The van der Waals surface area contributed by atoms with E-state index in [0.717, 1.165) is 22.2 Å². The van der Waals surface area contributed by atoms with Gasteiger partial charge in [0, 0.05) is 37.3 Å². The molecule has 3 aromatic rings. The summed E-state index contributed by atoms with van der Waals surface area (Å²) in [6, 6.07) is 14.5. The quantitative estimate of drug-likeness (QED) is 0.588. The fourth-order valence-electron chi connectivity index (χ4n) is 3.61. The maximum atomic E-state index is 12.6. The van der Waals surface area contributed by atoms with E-state index >= 15 is 0 Å². The van der Waals surface area contributed by atoms with E-state index in [-0.39, 0.29) is 17.3 Å². The highest BCUT2D eigenvalue weighted by Gasteiger charge is 2.24. The highest BCUT2D eigenvalue weighted by atomic mass is 32.2. The van der Waals surface area contributed by atoms with Crippen LogP contribution in [0, 0.1) is 0 Å². The van der Waals surface area contributed by atoms with Gasteiger partial charge in [0.05, 0.1) is 11.5 Å². The lowest BCUT2D eigenvalue weighted by Crippen LogP contribution is -2.26. The largest absolute Gasteiger partial charge is 0.491 e. The smallest absolute Gasteiger partial charge is 0.240 e. The van der Waals surface area contributed by atoms with Crippen molar-refractivity contribution >= 4 is 32.5 Å². The van der Waals surface area contributed by atoms with Crippen LogP contribution in [0.4, 0.5) is 5.69 Å². The van der Waals surface area contributed by atoms with Crippen molar-refractivity contribution < 1.29 is 17.9 Å². The molecule has 1 aliphatic rings. The molecule has 0 saturated carbocycles. The van der Waals surface area contributed by atoms with Crippen molar-refractivity contribution in [3.8, 4) is 5.75 Å². The van der Waals surface area contributed by atoms with E-state index < -0.39 is 10.0 Å². The summed E-state index contributed by atoms with van der Waals surface area (Å²) in [5, 5.41) is 0.996. The van der Waals surface area contributed by atoms with Crippen LogP contribution in [0.5, 0.6) is 5.75 Å². The number of amides is 1. The van der Waals surface area contributed by atoms with Gasteiger partial charge in [-0.05, 0) is 48.7 Å². The maximum absolute atomic E-state index is 12.6. The van der Waals surface area contributed by atoms with Gasteiger partial charge in [-0.15, -0.1) is 0 Å². The van der Waals surface area contributed by atoms with Crippen LogP contribution in [0.15, 0.2) is 59.6 Å². The van der Waals surface area contributed by atoms with Crippen molar-refractivity contribution in [3.63, 3.8) is 0 Å². The fraction of sp³-hybridized carbons (Fsp3) is 0.273. The van der Waals surface area contributed by atoms with Gasteiger partial charge in [-0.3, -0.25) is 9.78 Å². The van der Waals surface area contributed by atoms with Gasteiger partial charge in [-0.25, -0.2) is 13.1 Å². The summed E-state index contributed by atoms with van der Waals surface area (Å²) in [4.78, 5) is 17.9. The number of para-hydroxylation sites is 1. The average Bonchev–Trinajstić information content (AvgIpc) is 3.17. The summed E-state index contributed by atoms with van der Waals surface area (Å²) >= 11 is 0. The number of hydrogen-bond acceptors (Lipinski definition) is 5. The predicted molar refractivity (Wildman–Crippen MR) is 115 cm³/mol. The minimum Gasteiger partial charge on any atom is -0.491 e. The number of anilines is 1. The molecule has 1 aromatic heterocycles. The predicted octanol–water partition coefficient (Wildman–Crippen LogP) is 2.89. The molecule has 0 fully saturated rings. The summed E-state index contributed by atoms with van der Waals surface area (Å²) in [5.74, 6) is 0.647.